The van der Waals surface area contributed by atoms with Gasteiger partial charge in [-0.1, -0.05) is 13.8 Å². The van der Waals surface area contributed by atoms with Gasteiger partial charge in [-0.2, -0.15) is 0 Å². The van der Waals surface area contributed by atoms with E-state index in [4.69, 9.17) is 0 Å². The summed E-state index contributed by atoms with van der Waals surface area (Å²) in [6, 6.07) is 1.94. The van der Waals surface area contributed by atoms with Crippen molar-refractivity contribution in [2.75, 3.05) is 0 Å². The second-order valence-electron chi connectivity index (χ2n) is 4.54. The Bertz CT molecular complexity index is 580. The molecule has 0 aliphatic heterocycles. The molecule has 2 heterocycles. The Morgan fingerprint density at radius 3 is 2.75 bits per heavy atom. The van der Waals surface area contributed by atoms with E-state index in [1.165, 1.54) is 0 Å². The molecular formula is C12H16N2OS. The number of hydrogen-bond donors (Lipinski definition) is 0. The van der Waals surface area contributed by atoms with Gasteiger partial charge in [0.2, 0.25) is 0 Å². The highest BCUT2D eigenvalue weighted by Crippen LogP contribution is 2.20. The zero-order chi connectivity index (χ0) is 11.9. The van der Waals surface area contributed by atoms with Gasteiger partial charge in [0.05, 0.1) is 5.39 Å². The topological polar surface area (TPSA) is 34.9 Å². The van der Waals surface area contributed by atoms with E-state index in [1.54, 1.807) is 15.9 Å². The minimum atomic E-state index is 0.0977. The maximum Gasteiger partial charge on any atom is 0.262 e. The van der Waals surface area contributed by atoms with Crippen LogP contribution < -0.4 is 5.56 Å². The summed E-state index contributed by atoms with van der Waals surface area (Å²) in [7, 11) is 0. The molecule has 0 aliphatic carbocycles. The summed E-state index contributed by atoms with van der Waals surface area (Å²) in [6.45, 7) is 8.86. The van der Waals surface area contributed by atoms with Crippen molar-refractivity contribution in [3.8, 4) is 0 Å². The molecule has 86 valence electrons. The SMILES string of the molecule is Cc1cc2c(=O)n(CC(C)C)c(C)nc2s1. The van der Waals surface area contributed by atoms with Crippen LogP contribution in [-0.4, -0.2) is 9.55 Å². The van der Waals surface area contributed by atoms with Crippen molar-refractivity contribution in [3.05, 3.63) is 27.1 Å². The van der Waals surface area contributed by atoms with Gasteiger partial charge < -0.3 is 0 Å². The number of fused-ring (bicyclic) bond motifs is 1. The Hall–Kier alpha value is -1.16. The van der Waals surface area contributed by atoms with Crippen molar-refractivity contribution in [1.82, 2.24) is 9.55 Å². The van der Waals surface area contributed by atoms with Gasteiger partial charge in [0, 0.05) is 11.4 Å². The van der Waals surface area contributed by atoms with Crippen LogP contribution in [0.5, 0.6) is 0 Å². The van der Waals surface area contributed by atoms with Crippen LogP contribution in [0.3, 0.4) is 0 Å². The molecule has 0 spiro atoms. The molecule has 0 N–H and O–H groups in total. The molecule has 0 unspecified atom stereocenters. The molecule has 0 amide bonds. The van der Waals surface area contributed by atoms with Gasteiger partial charge >= 0.3 is 0 Å². The van der Waals surface area contributed by atoms with Gasteiger partial charge in [-0.15, -0.1) is 11.3 Å². The van der Waals surface area contributed by atoms with E-state index in [9.17, 15) is 4.79 Å². The average Bonchev–Trinajstić information content (AvgIpc) is 2.53. The van der Waals surface area contributed by atoms with Crippen molar-refractivity contribution >= 4 is 21.6 Å². The molecule has 0 saturated carbocycles. The first-order valence-electron chi connectivity index (χ1n) is 5.46. The lowest BCUT2D eigenvalue weighted by molar-refractivity contribution is 0.498. The maximum absolute atomic E-state index is 12.2. The van der Waals surface area contributed by atoms with Crippen LogP contribution in [0.4, 0.5) is 0 Å². The summed E-state index contributed by atoms with van der Waals surface area (Å²) in [5.41, 5.74) is 0.0977. The van der Waals surface area contributed by atoms with E-state index in [2.05, 4.69) is 18.8 Å². The summed E-state index contributed by atoms with van der Waals surface area (Å²) >= 11 is 1.58. The van der Waals surface area contributed by atoms with Crippen LogP contribution in [0.15, 0.2) is 10.9 Å². The largest absolute Gasteiger partial charge is 0.296 e. The number of nitrogens with zero attached hydrogens (tertiary/aromatic N) is 2. The van der Waals surface area contributed by atoms with E-state index in [0.29, 0.717) is 5.92 Å². The predicted octanol–water partition coefficient (Wildman–Crippen LogP) is 2.73. The molecule has 0 atom stereocenters. The second-order valence-corrected chi connectivity index (χ2v) is 5.78. The van der Waals surface area contributed by atoms with E-state index in [1.807, 2.05) is 19.9 Å². The fourth-order valence-electron chi connectivity index (χ4n) is 1.82. The van der Waals surface area contributed by atoms with Gasteiger partial charge in [0.1, 0.15) is 10.7 Å². The van der Waals surface area contributed by atoms with E-state index in [-0.39, 0.29) is 5.56 Å². The summed E-state index contributed by atoms with van der Waals surface area (Å²) in [5, 5.41) is 0.758. The Labute approximate surface area is 98.8 Å². The molecule has 0 bridgehead atoms. The van der Waals surface area contributed by atoms with E-state index in [0.717, 1.165) is 27.5 Å². The normalized spacial score (nSPS) is 11.6. The van der Waals surface area contributed by atoms with Gasteiger partial charge in [-0.25, -0.2) is 4.98 Å². The van der Waals surface area contributed by atoms with Gasteiger partial charge in [0.15, 0.2) is 0 Å². The van der Waals surface area contributed by atoms with Crippen molar-refractivity contribution in [2.45, 2.75) is 34.2 Å². The molecular weight excluding hydrogens is 220 g/mol. The van der Waals surface area contributed by atoms with Crippen molar-refractivity contribution in [3.63, 3.8) is 0 Å². The fourth-order valence-corrected chi connectivity index (χ4v) is 2.73. The highest BCUT2D eigenvalue weighted by molar-refractivity contribution is 7.18. The highest BCUT2D eigenvalue weighted by atomic mass is 32.1. The quantitative estimate of drug-likeness (QED) is 0.803. The number of hydrogen-bond acceptors (Lipinski definition) is 3. The molecule has 3 nitrogen and oxygen atoms in total. The standard InChI is InChI=1S/C12H16N2OS/c1-7(2)6-14-9(4)13-11-10(12(14)15)5-8(3)16-11/h5,7H,6H2,1-4H3. The van der Waals surface area contributed by atoms with Crippen molar-refractivity contribution in [2.24, 2.45) is 5.92 Å². The first kappa shape index (κ1) is 11.3. The first-order chi connectivity index (χ1) is 7.49. The predicted molar refractivity (Wildman–Crippen MR) is 68.2 cm³/mol. The fraction of sp³-hybridized carbons (Fsp3) is 0.500. The van der Waals surface area contributed by atoms with Crippen LogP contribution in [0.25, 0.3) is 10.2 Å². The molecule has 2 aromatic rings. The highest BCUT2D eigenvalue weighted by Gasteiger charge is 2.11. The Balaban J connectivity index is 2.70. The lowest BCUT2D eigenvalue weighted by Gasteiger charge is -2.11. The zero-order valence-electron chi connectivity index (χ0n) is 10.1. The molecule has 0 fully saturated rings. The summed E-state index contributed by atoms with van der Waals surface area (Å²) in [6.07, 6.45) is 0. The van der Waals surface area contributed by atoms with Crippen LogP contribution in [0, 0.1) is 19.8 Å². The Kier molecular flexibility index (Phi) is 2.84. The number of rotatable bonds is 2. The molecule has 0 aliphatic rings. The zero-order valence-corrected chi connectivity index (χ0v) is 10.9. The molecule has 16 heavy (non-hydrogen) atoms. The number of aromatic nitrogens is 2. The lowest BCUT2D eigenvalue weighted by Crippen LogP contribution is -2.25. The van der Waals surface area contributed by atoms with Crippen LogP contribution in [0.1, 0.15) is 24.5 Å². The lowest BCUT2D eigenvalue weighted by atomic mass is 10.2. The summed E-state index contributed by atoms with van der Waals surface area (Å²) < 4.78 is 1.78. The molecule has 0 radical (unpaired) electrons. The van der Waals surface area contributed by atoms with Gasteiger partial charge in [0.25, 0.3) is 5.56 Å². The van der Waals surface area contributed by atoms with Crippen LogP contribution >= 0.6 is 11.3 Å². The molecule has 2 rings (SSSR count). The molecule has 0 saturated heterocycles. The minimum Gasteiger partial charge on any atom is -0.296 e. The van der Waals surface area contributed by atoms with Crippen LogP contribution in [0.2, 0.25) is 0 Å². The smallest absolute Gasteiger partial charge is 0.262 e. The number of thiophene rings is 1. The second kappa shape index (κ2) is 4.01. The maximum atomic E-state index is 12.2. The number of aryl methyl sites for hydroxylation is 2. The molecule has 0 aromatic carbocycles. The average molecular weight is 236 g/mol. The molecule has 2 aromatic heterocycles. The van der Waals surface area contributed by atoms with E-state index < -0.39 is 0 Å². The monoisotopic (exact) mass is 236 g/mol. The van der Waals surface area contributed by atoms with Crippen molar-refractivity contribution < 1.29 is 0 Å². The third kappa shape index (κ3) is 1.89. The van der Waals surface area contributed by atoms with Gasteiger partial charge in [-0.3, -0.25) is 9.36 Å². The van der Waals surface area contributed by atoms with Crippen molar-refractivity contribution in [1.29, 1.82) is 0 Å². The molecule has 4 heteroatoms. The minimum absolute atomic E-state index is 0.0977. The van der Waals surface area contributed by atoms with E-state index >= 15 is 0 Å². The van der Waals surface area contributed by atoms with Gasteiger partial charge in [-0.05, 0) is 25.8 Å². The summed E-state index contributed by atoms with van der Waals surface area (Å²) in [5.74, 6) is 1.27. The van der Waals surface area contributed by atoms with Crippen LogP contribution in [-0.2, 0) is 6.54 Å². The third-order valence-electron chi connectivity index (χ3n) is 2.51. The third-order valence-corrected chi connectivity index (χ3v) is 3.46. The Morgan fingerprint density at radius 2 is 2.12 bits per heavy atom. The first-order valence-corrected chi connectivity index (χ1v) is 6.28. The Morgan fingerprint density at radius 1 is 1.44 bits per heavy atom. The summed E-state index contributed by atoms with van der Waals surface area (Å²) in [4.78, 5) is 18.7.